The molecular weight excluding hydrogens is 302 g/mol. The van der Waals surface area contributed by atoms with Crippen molar-refractivity contribution in [2.24, 2.45) is 5.92 Å². The lowest BCUT2D eigenvalue weighted by Gasteiger charge is -2.20. The molecule has 0 saturated carbocycles. The Labute approximate surface area is 117 Å². The van der Waals surface area contributed by atoms with Gasteiger partial charge in [0, 0.05) is 30.8 Å². The molecule has 0 aliphatic rings. The van der Waals surface area contributed by atoms with E-state index in [9.17, 15) is 0 Å². The summed E-state index contributed by atoms with van der Waals surface area (Å²) in [5, 5.41) is 4.07. The minimum absolute atomic E-state index is 0.672. The normalized spacial score (nSPS) is 10.9. The van der Waals surface area contributed by atoms with E-state index >= 15 is 0 Å². The fraction of sp³-hybridized carbons (Fsp3) is 0.583. The minimum atomic E-state index is 0.672. The Balaban J connectivity index is 2.44. The van der Waals surface area contributed by atoms with E-state index in [-0.39, 0.29) is 0 Å². The van der Waals surface area contributed by atoms with E-state index < -0.39 is 0 Å². The average Bonchev–Trinajstić information content (AvgIpc) is 2.23. The minimum Gasteiger partial charge on any atom is -0.357 e. The number of halogens is 2. The van der Waals surface area contributed by atoms with Crippen LogP contribution in [0.2, 0.25) is 5.02 Å². The Morgan fingerprint density at radius 2 is 2.24 bits per heavy atom. The van der Waals surface area contributed by atoms with Gasteiger partial charge in [0.25, 0.3) is 0 Å². The Hall–Kier alpha value is -0.320. The van der Waals surface area contributed by atoms with E-state index in [0.29, 0.717) is 10.9 Å². The standard InChI is InChI=1S/C12H19BrClN3/c1-9(2)7-15-4-5-17(3)12-11(14)6-10(13)8-16-12/h6,8-9,15H,4-5,7H2,1-3H3. The van der Waals surface area contributed by atoms with E-state index in [0.717, 1.165) is 29.9 Å². The van der Waals surface area contributed by atoms with E-state index in [2.05, 4.69) is 45.0 Å². The smallest absolute Gasteiger partial charge is 0.147 e. The molecule has 0 atom stereocenters. The van der Waals surface area contributed by atoms with Gasteiger partial charge >= 0.3 is 0 Å². The van der Waals surface area contributed by atoms with Crippen LogP contribution in [-0.2, 0) is 0 Å². The second kappa shape index (κ2) is 7.19. The fourth-order valence-corrected chi connectivity index (χ4v) is 2.21. The van der Waals surface area contributed by atoms with Gasteiger partial charge in [-0.25, -0.2) is 4.98 Å². The molecule has 0 aliphatic carbocycles. The van der Waals surface area contributed by atoms with Crippen LogP contribution in [0.1, 0.15) is 13.8 Å². The molecule has 3 nitrogen and oxygen atoms in total. The number of hydrogen-bond donors (Lipinski definition) is 1. The van der Waals surface area contributed by atoms with Gasteiger partial charge in [-0.05, 0) is 34.5 Å². The van der Waals surface area contributed by atoms with Crippen LogP contribution in [0.5, 0.6) is 0 Å². The summed E-state index contributed by atoms with van der Waals surface area (Å²) in [6.07, 6.45) is 1.76. The number of pyridine rings is 1. The second-order valence-electron chi connectivity index (χ2n) is 4.48. The zero-order valence-electron chi connectivity index (χ0n) is 10.5. The molecular formula is C12H19BrClN3. The molecule has 0 amide bonds. The summed E-state index contributed by atoms with van der Waals surface area (Å²) in [4.78, 5) is 6.37. The van der Waals surface area contributed by atoms with Crippen molar-refractivity contribution < 1.29 is 0 Å². The van der Waals surface area contributed by atoms with Gasteiger partial charge in [-0.1, -0.05) is 25.4 Å². The molecule has 1 aromatic rings. The maximum atomic E-state index is 6.13. The van der Waals surface area contributed by atoms with E-state index in [1.807, 2.05) is 13.1 Å². The lowest BCUT2D eigenvalue weighted by Crippen LogP contribution is -2.31. The Kier molecular flexibility index (Phi) is 6.23. The highest BCUT2D eigenvalue weighted by Crippen LogP contribution is 2.24. The highest BCUT2D eigenvalue weighted by atomic mass is 79.9. The third-order valence-electron chi connectivity index (χ3n) is 2.33. The third kappa shape index (κ3) is 5.23. The van der Waals surface area contributed by atoms with Crippen LogP contribution in [0.4, 0.5) is 5.82 Å². The maximum Gasteiger partial charge on any atom is 0.147 e. The predicted octanol–water partition coefficient (Wildman–Crippen LogP) is 3.18. The first-order valence-electron chi connectivity index (χ1n) is 5.73. The van der Waals surface area contributed by atoms with Gasteiger partial charge in [0.2, 0.25) is 0 Å². The predicted molar refractivity (Wildman–Crippen MR) is 77.9 cm³/mol. The van der Waals surface area contributed by atoms with Crippen molar-refractivity contribution in [3.8, 4) is 0 Å². The van der Waals surface area contributed by atoms with Crippen LogP contribution < -0.4 is 10.2 Å². The molecule has 0 bridgehead atoms. The molecule has 0 aliphatic heterocycles. The molecule has 5 heteroatoms. The monoisotopic (exact) mass is 319 g/mol. The summed E-state index contributed by atoms with van der Waals surface area (Å²) in [6.45, 7) is 7.26. The first-order chi connectivity index (χ1) is 8.00. The summed E-state index contributed by atoms with van der Waals surface area (Å²) in [6, 6.07) is 1.86. The van der Waals surface area contributed by atoms with Crippen molar-refractivity contribution >= 4 is 33.3 Å². The van der Waals surface area contributed by atoms with Gasteiger partial charge < -0.3 is 10.2 Å². The number of rotatable bonds is 6. The highest BCUT2D eigenvalue weighted by molar-refractivity contribution is 9.10. The van der Waals surface area contributed by atoms with E-state index in [4.69, 9.17) is 11.6 Å². The molecule has 0 aromatic carbocycles. The van der Waals surface area contributed by atoms with Crippen molar-refractivity contribution in [3.05, 3.63) is 21.8 Å². The molecule has 1 heterocycles. The number of likely N-dealkylation sites (N-methyl/N-ethyl adjacent to an activating group) is 1. The molecule has 0 radical (unpaired) electrons. The molecule has 96 valence electrons. The third-order valence-corrected chi connectivity index (χ3v) is 3.04. The van der Waals surface area contributed by atoms with Crippen molar-refractivity contribution in [1.82, 2.24) is 10.3 Å². The topological polar surface area (TPSA) is 28.2 Å². The second-order valence-corrected chi connectivity index (χ2v) is 5.80. The number of aromatic nitrogens is 1. The Bertz CT molecular complexity index is 358. The van der Waals surface area contributed by atoms with Crippen molar-refractivity contribution in [2.75, 3.05) is 31.6 Å². The molecule has 1 aromatic heterocycles. The van der Waals surface area contributed by atoms with Crippen LogP contribution in [-0.4, -0.2) is 31.7 Å². The van der Waals surface area contributed by atoms with Gasteiger partial charge in [0.15, 0.2) is 0 Å². The number of nitrogens with one attached hydrogen (secondary N) is 1. The van der Waals surface area contributed by atoms with Crippen molar-refractivity contribution in [3.63, 3.8) is 0 Å². The zero-order chi connectivity index (χ0) is 12.8. The lowest BCUT2D eigenvalue weighted by atomic mass is 10.2. The highest BCUT2D eigenvalue weighted by Gasteiger charge is 2.07. The number of nitrogens with zero attached hydrogens (tertiary/aromatic N) is 2. The average molecular weight is 321 g/mol. The van der Waals surface area contributed by atoms with E-state index in [1.54, 1.807) is 6.20 Å². The van der Waals surface area contributed by atoms with Gasteiger partial charge in [-0.2, -0.15) is 0 Å². The SMILES string of the molecule is CC(C)CNCCN(C)c1ncc(Br)cc1Cl. The first-order valence-corrected chi connectivity index (χ1v) is 6.90. The molecule has 1 N–H and O–H groups in total. The van der Waals surface area contributed by atoms with Crippen LogP contribution >= 0.6 is 27.5 Å². The summed E-state index contributed by atoms with van der Waals surface area (Å²) in [7, 11) is 2.00. The van der Waals surface area contributed by atoms with Crippen LogP contribution in [0.15, 0.2) is 16.7 Å². The molecule has 17 heavy (non-hydrogen) atoms. The summed E-state index contributed by atoms with van der Waals surface area (Å²) in [5.74, 6) is 1.50. The number of anilines is 1. The van der Waals surface area contributed by atoms with Gasteiger partial charge in [-0.3, -0.25) is 0 Å². The Morgan fingerprint density at radius 3 is 2.82 bits per heavy atom. The van der Waals surface area contributed by atoms with Gasteiger partial charge in [0.1, 0.15) is 5.82 Å². The van der Waals surface area contributed by atoms with E-state index in [1.165, 1.54) is 0 Å². The van der Waals surface area contributed by atoms with Gasteiger partial charge in [0.05, 0.1) is 5.02 Å². The maximum absolute atomic E-state index is 6.13. The van der Waals surface area contributed by atoms with Gasteiger partial charge in [-0.15, -0.1) is 0 Å². The number of hydrogen-bond acceptors (Lipinski definition) is 3. The fourth-order valence-electron chi connectivity index (χ4n) is 1.43. The summed E-state index contributed by atoms with van der Waals surface area (Å²) in [5.41, 5.74) is 0. The Morgan fingerprint density at radius 1 is 1.53 bits per heavy atom. The summed E-state index contributed by atoms with van der Waals surface area (Å²) >= 11 is 9.48. The van der Waals surface area contributed by atoms with Crippen LogP contribution in [0, 0.1) is 5.92 Å². The molecule has 0 unspecified atom stereocenters. The molecule has 0 spiro atoms. The van der Waals surface area contributed by atoms with Crippen molar-refractivity contribution in [2.45, 2.75) is 13.8 Å². The zero-order valence-corrected chi connectivity index (χ0v) is 12.8. The molecule has 1 rings (SSSR count). The largest absolute Gasteiger partial charge is 0.357 e. The summed E-state index contributed by atoms with van der Waals surface area (Å²) < 4.78 is 0.901. The van der Waals surface area contributed by atoms with Crippen molar-refractivity contribution in [1.29, 1.82) is 0 Å². The van der Waals surface area contributed by atoms with Crippen LogP contribution in [0.3, 0.4) is 0 Å². The lowest BCUT2D eigenvalue weighted by molar-refractivity contribution is 0.554. The van der Waals surface area contributed by atoms with Crippen LogP contribution in [0.25, 0.3) is 0 Å². The molecule has 0 fully saturated rings. The first kappa shape index (κ1) is 14.7. The molecule has 0 saturated heterocycles. The quantitative estimate of drug-likeness (QED) is 0.816.